The van der Waals surface area contributed by atoms with Crippen molar-refractivity contribution in [3.05, 3.63) is 11.3 Å². The van der Waals surface area contributed by atoms with Gasteiger partial charge in [0.25, 0.3) is 0 Å². The van der Waals surface area contributed by atoms with Gasteiger partial charge in [0.15, 0.2) is 0 Å². The fourth-order valence-electron chi connectivity index (χ4n) is 1.90. The Morgan fingerprint density at radius 3 is 2.25 bits per heavy atom. The number of hydrogen-bond donors (Lipinski definition) is 2. The summed E-state index contributed by atoms with van der Waals surface area (Å²) < 4.78 is 5.20. The number of aliphatic hydroxyl groups is 2. The molecular weight excluding hydrogens is 208 g/mol. The van der Waals surface area contributed by atoms with Gasteiger partial charge in [-0.1, -0.05) is 6.92 Å². The molecule has 1 saturated carbocycles. The lowest BCUT2D eigenvalue weighted by Crippen LogP contribution is -2.17. The first kappa shape index (κ1) is 13.2. The number of hydrogen-bond acceptors (Lipinski definition) is 4. The van der Waals surface area contributed by atoms with Gasteiger partial charge in [-0.05, 0) is 25.3 Å². The third-order valence-electron chi connectivity index (χ3n) is 3.34. The molecule has 1 atom stereocenters. The molecular formula is C12H20O4. The molecule has 0 heterocycles. The predicted molar refractivity (Wildman–Crippen MR) is 59.5 cm³/mol. The molecule has 2 N–H and O–H groups in total. The Labute approximate surface area is 95.9 Å². The van der Waals surface area contributed by atoms with Crippen LogP contribution in [0.4, 0.5) is 0 Å². The standard InChI is InChI=1S/C12H20O4/c1-4-8(2)11(16-9(3)15)10-5-12(10,6-13)7-14/h10,13-14H,4-7H2,1-3H3/b11-8-. The summed E-state index contributed by atoms with van der Waals surface area (Å²) in [6.07, 6.45) is 1.48. The first-order valence-electron chi connectivity index (χ1n) is 5.60. The lowest BCUT2D eigenvalue weighted by molar-refractivity contribution is -0.137. The van der Waals surface area contributed by atoms with Crippen molar-refractivity contribution in [2.45, 2.75) is 33.6 Å². The van der Waals surface area contributed by atoms with Crippen LogP contribution < -0.4 is 0 Å². The van der Waals surface area contributed by atoms with Gasteiger partial charge < -0.3 is 14.9 Å². The highest BCUT2D eigenvalue weighted by atomic mass is 16.5. The van der Waals surface area contributed by atoms with E-state index in [1.165, 1.54) is 6.92 Å². The third-order valence-corrected chi connectivity index (χ3v) is 3.34. The van der Waals surface area contributed by atoms with Gasteiger partial charge in [-0.25, -0.2) is 0 Å². The molecule has 0 aromatic rings. The molecule has 16 heavy (non-hydrogen) atoms. The van der Waals surface area contributed by atoms with Crippen LogP contribution in [0.2, 0.25) is 0 Å². The van der Waals surface area contributed by atoms with Crippen LogP contribution in [-0.2, 0) is 9.53 Å². The highest BCUT2D eigenvalue weighted by Crippen LogP contribution is 2.56. The number of ether oxygens (including phenoxy) is 1. The Morgan fingerprint density at radius 2 is 1.94 bits per heavy atom. The maximum Gasteiger partial charge on any atom is 0.307 e. The van der Waals surface area contributed by atoms with Gasteiger partial charge in [0.2, 0.25) is 0 Å². The van der Waals surface area contributed by atoms with Crippen molar-refractivity contribution in [3.8, 4) is 0 Å². The molecule has 0 radical (unpaired) electrons. The maximum absolute atomic E-state index is 11.0. The van der Waals surface area contributed by atoms with Gasteiger partial charge in [0.1, 0.15) is 5.76 Å². The molecule has 0 amide bonds. The van der Waals surface area contributed by atoms with E-state index in [0.29, 0.717) is 12.2 Å². The molecule has 1 rings (SSSR count). The minimum atomic E-state index is -0.485. The molecule has 0 aromatic heterocycles. The van der Waals surface area contributed by atoms with Gasteiger partial charge in [-0.3, -0.25) is 4.79 Å². The summed E-state index contributed by atoms with van der Waals surface area (Å²) in [4.78, 5) is 11.0. The fourth-order valence-corrected chi connectivity index (χ4v) is 1.90. The summed E-state index contributed by atoms with van der Waals surface area (Å²) in [6.45, 7) is 5.12. The molecule has 0 aromatic carbocycles. The second-order valence-corrected chi connectivity index (χ2v) is 4.53. The molecule has 1 aliphatic carbocycles. The van der Waals surface area contributed by atoms with Crippen LogP contribution in [0.1, 0.15) is 33.6 Å². The number of carbonyl (C=O) groups excluding carboxylic acids is 1. The second-order valence-electron chi connectivity index (χ2n) is 4.53. The lowest BCUT2D eigenvalue weighted by Gasteiger charge is -2.15. The van der Waals surface area contributed by atoms with E-state index in [1.54, 1.807) is 0 Å². The van der Waals surface area contributed by atoms with Crippen LogP contribution in [-0.4, -0.2) is 29.4 Å². The molecule has 4 heteroatoms. The summed E-state index contributed by atoms with van der Waals surface area (Å²) in [6, 6.07) is 0. The van der Waals surface area contributed by atoms with E-state index in [4.69, 9.17) is 4.74 Å². The highest BCUT2D eigenvalue weighted by molar-refractivity contribution is 5.67. The molecule has 0 spiro atoms. The van der Waals surface area contributed by atoms with Crippen LogP contribution in [0.15, 0.2) is 11.3 Å². The zero-order valence-corrected chi connectivity index (χ0v) is 10.1. The molecule has 0 bridgehead atoms. The lowest BCUT2D eigenvalue weighted by atomic mass is 10.0. The molecule has 0 saturated heterocycles. The van der Waals surface area contributed by atoms with Crippen molar-refractivity contribution in [1.82, 2.24) is 0 Å². The zero-order chi connectivity index (χ0) is 12.3. The summed E-state index contributed by atoms with van der Waals surface area (Å²) in [5, 5.41) is 18.5. The molecule has 4 nitrogen and oxygen atoms in total. The number of esters is 1. The zero-order valence-electron chi connectivity index (χ0n) is 10.1. The minimum Gasteiger partial charge on any atom is -0.431 e. The Bertz CT molecular complexity index is 302. The molecule has 92 valence electrons. The van der Waals surface area contributed by atoms with E-state index < -0.39 is 5.41 Å². The summed E-state index contributed by atoms with van der Waals surface area (Å²) in [5.41, 5.74) is 0.519. The van der Waals surface area contributed by atoms with E-state index in [2.05, 4.69) is 0 Å². The fraction of sp³-hybridized carbons (Fsp3) is 0.750. The van der Waals surface area contributed by atoms with E-state index >= 15 is 0 Å². The number of carbonyl (C=O) groups is 1. The smallest absolute Gasteiger partial charge is 0.307 e. The molecule has 1 fully saturated rings. The Balaban J connectivity index is 2.86. The number of allylic oxidation sites excluding steroid dienone is 2. The summed E-state index contributed by atoms with van der Waals surface area (Å²) >= 11 is 0. The molecule has 1 unspecified atom stereocenters. The van der Waals surface area contributed by atoms with Gasteiger partial charge in [0.05, 0.1) is 13.2 Å². The van der Waals surface area contributed by atoms with Crippen molar-refractivity contribution < 1.29 is 19.7 Å². The van der Waals surface area contributed by atoms with Gasteiger partial charge in [-0.15, -0.1) is 0 Å². The van der Waals surface area contributed by atoms with Crippen LogP contribution in [0, 0.1) is 11.3 Å². The largest absolute Gasteiger partial charge is 0.431 e. The Kier molecular flexibility index (Phi) is 4.10. The SMILES string of the molecule is CC/C(C)=C(\OC(C)=O)C1CC1(CO)CO. The summed E-state index contributed by atoms with van der Waals surface area (Å²) in [5.74, 6) is 0.268. The molecule has 1 aliphatic rings. The van der Waals surface area contributed by atoms with E-state index in [0.717, 1.165) is 12.0 Å². The normalized spacial score (nSPS) is 23.7. The van der Waals surface area contributed by atoms with Crippen LogP contribution >= 0.6 is 0 Å². The average molecular weight is 228 g/mol. The van der Waals surface area contributed by atoms with Crippen LogP contribution in [0.3, 0.4) is 0 Å². The van der Waals surface area contributed by atoms with Crippen molar-refractivity contribution >= 4 is 5.97 Å². The van der Waals surface area contributed by atoms with Crippen LogP contribution in [0.25, 0.3) is 0 Å². The van der Waals surface area contributed by atoms with Gasteiger partial charge in [0, 0.05) is 18.3 Å². The second kappa shape index (κ2) is 4.97. The number of rotatable bonds is 5. The first-order valence-corrected chi connectivity index (χ1v) is 5.60. The highest BCUT2D eigenvalue weighted by Gasteiger charge is 2.56. The van der Waals surface area contributed by atoms with Crippen molar-refractivity contribution in [2.24, 2.45) is 11.3 Å². The van der Waals surface area contributed by atoms with E-state index in [9.17, 15) is 15.0 Å². The molecule has 0 aliphatic heterocycles. The van der Waals surface area contributed by atoms with Crippen molar-refractivity contribution in [1.29, 1.82) is 0 Å². The van der Waals surface area contributed by atoms with Gasteiger partial charge >= 0.3 is 5.97 Å². The van der Waals surface area contributed by atoms with Gasteiger partial charge in [-0.2, -0.15) is 0 Å². The number of aliphatic hydroxyl groups excluding tert-OH is 2. The summed E-state index contributed by atoms with van der Waals surface area (Å²) in [7, 11) is 0. The van der Waals surface area contributed by atoms with E-state index in [1.807, 2.05) is 13.8 Å². The first-order chi connectivity index (χ1) is 7.50. The van der Waals surface area contributed by atoms with Crippen molar-refractivity contribution in [3.63, 3.8) is 0 Å². The van der Waals surface area contributed by atoms with Crippen LogP contribution in [0.5, 0.6) is 0 Å². The predicted octanol–water partition coefficient (Wildman–Crippen LogP) is 1.22. The Hall–Kier alpha value is -0.870. The monoisotopic (exact) mass is 228 g/mol. The Morgan fingerprint density at radius 1 is 1.38 bits per heavy atom. The third kappa shape index (κ3) is 2.44. The quantitative estimate of drug-likeness (QED) is 0.548. The van der Waals surface area contributed by atoms with E-state index in [-0.39, 0.29) is 25.1 Å². The topological polar surface area (TPSA) is 66.8 Å². The van der Waals surface area contributed by atoms with Crippen molar-refractivity contribution in [2.75, 3.05) is 13.2 Å². The minimum absolute atomic E-state index is 0.0219. The average Bonchev–Trinajstić information content (AvgIpc) is 2.99. The maximum atomic E-state index is 11.0.